The van der Waals surface area contributed by atoms with Crippen molar-refractivity contribution in [2.24, 2.45) is 0 Å². The molecule has 0 aliphatic heterocycles. The average Bonchev–Trinajstić information content (AvgIpc) is 2.99. The van der Waals surface area contributed by atoms with Crippen molar-refractivity contribution in [1.82, 2.24) is 4.98 Å². The summed E-state index contributed by atoms with van der Waals surface area (Å²) in [6, 6.07) is 9.67. The zero-order chi connectivity index (χ0) is 17.1. The van der Waals surface area contributed by atoms with Gasteiger partial charge in [-0.15, -0.1) is 11.3 Å². The summed E-state index contributed by atoms with van der Waals surface area (Å²) in [7, 11) is 0. The fourth-order valence-corrected chi connectivity index (χ4v) is 3.26. The van der Waals surface area contributed by atoms with Crippen LogP contribution in [0.5, 0.6) is 0 Å². The zero-order valence-corrected chi connectivity index (χ0v) is 14.4. The molecule has 0 saturated heterocycles. The lowest BCUT2D eigenvalue weighted by Crippen LogP contribution is -2.20. The fourth-order valence-electron chi connectivity index (χ4n) is 2.02. The highest BCUT2D eigenvalue weighted by Gasteiger charge is 2.12. The number of hydrogen-bond donors (Lipinski definition) is 1. The molecule has 1 N–H and O–H groups in total. The van der Waals surface area contributed by atoms with Crippen molar-refractivity contribution in [3.05, 3.63) is 57.5 Å². The van der Waals surface area contributed by atoms with Crippen LogP contribution < -0.4 is 5.32 Å². The van der Waals surface area contributed by atoms with Crippen molar-refractivity contribution >= 4 is 62.3 Å². The van der Waals surface area contributed by atoms with Gasteiger partial charge >= 0.3 is 5.97 Å². The second-order valence-electron chi connectivity index (χ2n) is 4.82. The predicted octanol–water partition coefficient (Wildman–Crippen LogP) is 4.40. The van der Waals surface area contributed by atoms with Crippen LogP contribution in [0.4, 0.5) is 5.69 Å². The van der Waals surface area contributed by atoms with Crippen LogP contribution in [0.2, 0.25) is 10.0 Å². The van der Waals surface area contributed by atoms with E-state index in [1.807, 2.05) is 0 Å². The number of fused-ring (bicyclic) bond motifs is 1. The minimum Gasteiger partial charge on any atom is -0.452 e. The van der Waals surface area contributed by atoms with Crippen LogP contribution in [0.15, 0.2) is 41.9 Å². The molecule has 0 fully saturated rings. The number of halogens is 2. The molecule has 0 unspecified atom stereocenters. The highest BCUT2D eigenvalue weighted by molar-refractivity contribution is 7.16. The first-order valence-corrected chi connectivity index (χ1v) is 8.41. The summed E-state index contributed by atoms with van der Waals surface area (Å²) >= 11 is 13.1. The Kier molecular flexibility index (Phi) is 4.99. The summed E-state index contributed by atoms with van der Waals surface area (Å²) in [5, 5.41) is 3.35. The fraction of sp³-hybridized carbons (Fsp3) is 0.0625. The number of thiazole rings is 1. The standard InChI is InChI=1S/C16H10Cl2N2O3S/c17-10-4-11(18)6-12(5-10)20-15(21)7-23-16(22)9-1-2-13-14(3-9)24-8-19-13/h1-6,8H,7H2,(H,20,21). The van der Waals surface area contributed by atoms with Gasteiger partial charge in [0.05, 0.1) is 21.3 Å². The number of carbonyl (C=O) groups excluding carboxylic acids is 2. The van der Waals surface area contributed by atoms with E-state index >= 15 is 0 Å². The summed E-state index contributed by atoms with van der Waals surface area (Å²) in [5.41, 5.74) is 3.31. The maximum Gasteiger partial charge on any atom is 0.338 e. The SMILES string of the molecule is O=C(COC(=O)c1ccc2ncsc2c1)Nc1cc(Cl)cc(Cl)c1. The second kappa shape index (κ2) is 7.17. The molecule has 122 valence electrons. The van der Waals surface area contributed by atoms with Gasteiger partial charge in [0, 0.05) is 15.7 Å². The van der Waals surface area contributed by atoms with Gasteiger partial charge in [0.1, 0.15) is 0 Å². The first kappa shape index (κ1) is 16.7. The second-order valence-corrected chi connectivity index (χ2v) is 6.58. The molecule has 0 saturated carbocycles. The molecule has 0 bridgehead atoms. The van der Waals surface area contributed by atoms with Gasteiger partial charge in [-0.05, 0) is 36.4 Å². The van der Waals surface area contributed by atoms with Crippen molar-refractivity contribution < 1.29 is 14.3 Å². The van der Waals surface area contributed by atoms with E-state index in [9.17, 15) is 9.59 Å². The predicted molar refractivity (Wildman–Crippen MR) is 95.0 cm³/mol. The van der Waals surface area contributed by atoms with Crippen molar-refractivity contribution in [3.63, 3.8) is 0 Å². The van der Waals surface area contributed by atoms with Crippen LogP contribution >= 0.6 is 34.5 Å². The Morgan fingerprint density at radius 1 is 1.12 bits per heavy atom. The number of rotatable bonds is 4. The number of benzene rings is 2. The van der Waals surface area contributed by atoms with Crippen LogP contribution in [0.3, 0.4) is 0 Å². The molecule has 5 nitrogen and oxygen atoms in total. The minimum absolute atomic E-state index is 0.366. The molecule has 0 atom stereocenters. The summed E-state index contributed by atoms with van der Waals surface area (Å²) < 4.78 is 5.89. The van der Waals surface area contributed by atoms with Gasteiger partial charge < -0.3 is 10.1 Å². The van der Waals surface area contributed by atoms with Gasteiger partial charge in [-0.1, -0.05) is 23.2 Å². The lowest BCUT2D eigenvalue weighted by Gasteiger charge is -2.07. The molecule has 1 amide bonds. The minimum atomic E-state index is -0.579. The number of nitrogens with zero attached hydrogens (tertiary/aromatic N) is 1. The normalized spacial score (nSPS) is 10.6. The molecule has 0 aliphatic rings. The molecule has 2 aromatic carbocycles. The summed E-state index contributed by atoms with van der Waals surface area (Å²) in [6.07, 6.45) is 0. The molecule has 3 rings (SSSR count). The third kappa shape index (κ3) is 4.03. The molecular weight excluding hydrogens is 371 g/mol. The monoisotopic (exact) mass is 380 g/mol. The first-order valence-electron chi connectivity index (χ1n) is 6.77. The third-order valence-corrected chi connectivity index (χ3v) is 4.28. The van der Waals surface area contributed by atoms with E-state index in [4.69, 9.17) is 27.9 Å². The van der Waals surface area contributed by atoms with E-state index in [1.54, 1.807) is 41.9 Å². The van der Waals surface area contributed by atoms with E-state index in [-0.39, 0.29) is 0 Å². The highest BCUT2D eigenvalue weighted by atomic mass is 35.5. The number of ether oxygens (including phenoxy) is 1. The number of amides is 1. The van der Waals surface area contributed by atoms with Gasteiger partial charge in [-0.2, -0.15) is 0 Å². The largest absolute Gasteiger partial charge is 0.452 e. The summed E-state index contributed by atoms with van der Waals surface area (Å²) in [4.78, 5) is 28.0. The Labute approximate surface area is 151 Å². The van der Waals surface area contributed by atoms with Crippen LogP contribution in [0.1, 0.15) is 10.4 Å². The molecule has 3 aromatic rings. The molecule has 1 heterocycles. The van der Waals surface area contributed by atoms with Gasteiger partial charge in [-0.25, -0.2) is 9.78 Å². The zero-order valence-electron chi connectivity index (χ0n) is 12.1. The smallest absolute Gasteiger partial charge is 0.338 e. The van der Waals surface area contributed by atoms with Crippen LogP contribution in [-0.2, 0) is 9.53 Å². The van der Waals surface area contributed by atoms with Crippen LogP contribution in [0.25, 0.3) is 10.2 Å². The van der Waals surface area contributed by atoms with Crippen molar-refractivity contribution in [2.75, 3.05) is 11.9 Å². The van der Waals surface area contributed by atoms with Gasteiger partial charge in [0.15, 0.2) is 6.61 Å². The molecule has 0 aliphatic carbocycles. The van der Waals surface area contributed by atoms with E-state index < -0.39 is 18.5 Å². The Bertz CT molecular complexity index is 906. The Morgan fingerprint density at radius 2 is 1.88 bits per heavy atom. The molecule has 8 heteroatoms. The molecule has 0 spiro atoms. The topological polar surface area (TPSA) is 68.3 Å². The van der Waals surface area contributed by atoms with E-state index in [0.717, 1.165) is 10.2 Å². The lowest BCUT2D eigenvalue weighted by atomic mass is 10.2. The molecule has 1 aromatic heterocycles. The van der Waals surface area contributed by atoms with E-state index in [0.29, 0.717) is 21.3 Å². The van der Waals surface area contributed by atoms with Crippen molar-refractivity contribution in [2.45, 2.75) is 0 Å². The van der Waals surface area contributed by atoms with Crippen LogP contribution in [0, 0.1) is 0 Å². The molecule has 0 radical (unpaired) electrons. The highest BCUT2D eigenvalue weighted by Crippen LogP contribution is 2.22. The van der Waals surface area contributed by atoms with Crippen LogP contribution in [-0.4, -0.2) is 23.5 Å². The molecular formula is C16H10Cl2N2O3S. The van der Waals surface area contributed by atoms with Gasteiger partial charge in [-0.3, -0.25) is 4.79 Å². The third-order valence-electron chi connectivity index (χ3n) is 3.05. The van der Waals surface area contributed by atoms with Gasteiger partial charge in [0.2, 0.25) is 0 Å². The molecule has 24 heavy (non-hydrogen) atoms. The number of carbonyl (C=O) groups is 2. The Hall–Kier alpha value is -2.15. The Morgan fingerprint density at radius 3 is 2.62 bits per heavy atom. The maximum atomic E-state index is 12.0. The maximum absolute atomic E-state index is 12.0. The Balaban J connectivity index is 1.59. The van der Waals surface area contributed by atoms with Crippen molar-refractivity contribution in [1.29, 1.82) is 0 Å². The summed E-state index contributed by atoms with van der Waals surface area (Å²) in [6.45, 7) is -0.413. The van der Waals surface area contributed by atoms with E-state index in [1.165, 1.54) is 11.3 Å². The number of aromatic nitrogens is 1. The average molecular weight is 381 g/mol. The lowest BCUT2D eigenvalue weighted by molar-refractivity contribution is -0.119. The van der Waals surface area contributed by atoms with E-state index in [2.05, 4.69) is 10.3 Å². The quantitative estimate of drug-likeness (QED) is 0.681. The van der Waals surface area contributed by atoms with Gasteiger partial charge in [0.25, 0.3) is 5.91 Å². The number of anilines is 1. The number of hydrogen-bond acceptors (Lipinski definition) is 5. The summed E-state index contributed by atoms with van der Waals surface area (Å²) in [5.74, 6) is -1.06. The number of nitrogens with one attached hydrogen (secondary N) is 1. The first-order chi connectivity index (χ1) is 11.5. The number of esters is 1. The van der Waals surface area contributed by atoms with Crippen molar-refractivity contribution in [3.8, 4) is 0 Å².